The normalized spacial score (nSPS) is 17.9. The Balaban J connectivity index is 2.33. The molecule has 1 aromatic rings. The van der Waals surface area contributed by atoms with E-state index in [-0.39, 0.29) is 11.9 Å². The van der Waals surface area contributed by atoms with Gasteiger partial charge in [-0.2, -0.15) is 0 Å². The highest BCUT2D eigenvalue weighted by atomic mass is 32.2. The molecule has 0 aromatic heterocycles. The van der Waals surface area contributed by atoms with Crippen LogP contribution in [0.25, 0.3) is 0 Å². The SMILES string of the molecule is CCCCN(C)S(=O)(=O)c1ccc2c(c1)C[C@@H](C)N2C(C)=O. The van der Waals surface area contributed by atoms with Crippen molar-refractivity contribution >= 4 is 21.6 Å². The Hall–Kier alpha value is -1.40. The highest BCUT2D eigenvalue weighted by Crippen LogP contribution is 2.34. The zero-order chi connectivity index (χ0) is 16.5. The van der Waals surface area contributed by atoms with E-state index in [1.54, 1.807) is 30.1 Å². The van der Waals surface area contributed by atoms with Gasteiger partial charge in [0.2, 0.25) is 15.9 Å². The molecule has 1 aromatic carbocycles. The molecule has 0 radical (unpaired) electrons. The van der Waals surface area contributed by atoms with Crippen molar-refractivity contribution in [1.82, 2.24) is 4.31 Å². The second kappa shape index (κ2) is 6.38. The van der Waals surface area contributed by atoms with E-state index in [0.717, 1.165) is 24.1 Å². The van der Waals surface area contributed by atoms with Crippen molar-refractivity contribution in [2.24, 2.45) is 0 Å². The smallest absolute Gasteiger partial charge is 0.242 e. The van der Waals surface area contributed by atoms with Crippen LogP contribution in [0, 0.1) is 0 Å². The van der Waals surface area contributed by atoms with Crippen LogP contribution in [0.15, 0.2) is 23.1 Å². The standard InChI is InChI=1S/C16H24N2O3S/c1-5-6-9-17(4)22(20,21)15-7-8-16-14(11-15)10-12(2)18(16)13(3)19/h7-8,11-12H,5-6,9-10H2,1-4H3/t12-/m1/s1. The summed E-state index contributed by atoms with van der Waals surface area (Å²) in [7, 11) is -1.84. The molecule has 2 rings (SSSR count). The second-order valence-corrected chi connectivity index (χ2v) is 7.96. The van der Waals surface area contributed by atoms with Crippen molar-refractivity contribution in [1.29, 1.82) is 0 Å². The maximum Gasteiger partial charge on any atom is 0.242 e. The van der Waals surface area contributed by atoms with Gasteiger partial charge >= 0.3 is 0 Å². The van der Waals surface area contributed by atoms with Crippen LogP contribution in [-0.2, 0) is 21.2 Å². The van der Waals surface area contributed by atoms with Gasteiger partial charge in [-0.3, -0.25) is 4.79 Å². The summed E-state index contributed by atoms with van der Waals surface area (Å²) in [6.45, 7) is 6.07. The summed E-state index contributed by atoms with van der Waals surface area (Å²) in [5.74, 6) is -0.0121. The number of unbranched alkanes of at least 4 members (excludes halogenated alkanes) is 1. The molecule has 1 atom stereocenters. The van der Waals surface area contributed by atoms with Crippen LogP contribution in [0.1, 0.15) is 39.2 Å². The number of carbonyl (C=O) groups excluding carboxylic acids is 1. The number of nitrogens with zero attached hydrogens (tertiary/aromatic N) is 2. The average Bonchev–Trinajstić information content (AvgIpc) is 2.79. The third-order valence-corrected chi connectivity index (χ3v) is 5.99. The highest BCUT2D eigenvalue weighted by molar-refractivity contribution is 7.89. The Labute approximate surface area is 133 Å². The van der Waals surface area contributed by atoms with Crippen molar-refractivity contribution in [2.45, 2.75) is 51.0 Å². The number of benzene rings is 1. The molecular formula is C16H24N2O3S. The molecule has 1 aliphatic rings. The van der Waals surface area contributed by atoms with E-state index in [2.05, 4.69) is 0 Å². The molecule has 0 N–H and O–H groups in total. The van der Waals surface area contributed by atoms with E-state index < -0.39 is 10.0 Å². The lowest BCUT2D eigenvalue weighted by Gasteiger charge is -2.21. The van der Waals surface area contributed by atoms with Gasteiger partial charge in [0, 0.05) is 32.2 Å². The summed E-state index contributed by atoms with van der Waals surface area (Å²) in [6.07, 6.45) is 2.49. The summed E-state index contributed by atoms with van der Waals surface area (Å²) in [4.78, 5) is 13.8. The van der Waals surface area contributed by atoms with Crippen LogP contribution in [0.3, 0.4) is 0 Å². The maximum absolute atomic E-state index is 12.6. The Bertz CT molecular complexity index is 670. The fourth-order valence-corrected chi connectivity index (χ4v) is 4.19. The van der Waals surface area contributed by atoms with Gasteiger partial charge in [0.05, 0.1) is 4.90 Å². The van der Waals surface area contributed by atoms with E-state index in [1.165, 1.54) is 11.2 Å². The molecule has 5 nitrogen and oxygen atoms in total. The molecule has 0 saturated heterocycles. The minimum absolute atomic E-state index is 0.0121. The van der Waals surface area contributed by atoms with Crippen molar-refractivity contribution in [3.63, 3.8) is 0 Å². The number of amides is 1. The molecule has 0 saturated carbocycles. The molecule has 1 aliphatic heterocycles. The zero-order valence-corrected chi connectivity index (χ0v) is 14.5. The molecule has 1 amide bonds. The fraction of sp³-hybridized carbons (Fsp3) is 0.562. The van der Waals surface area contributed by atoms with E-state index in [4.69, 9.17) is 0 Å². The van der Waals surface area contributed by atoms with Crippen LogP contribution in [0.2, 0.25) is 0 Å². The minimum Gasteiger partial charge on any atom is -0.309 e. The van der Waals surface area contributed by atoms with Crippen LogP contribution in [0.4, 0.5) is 5.69 Å². The molecular weight excluding hydrogens is 300 g/mol. The lowest BCUT2D eigenvalue weighted by atomic mass is 10.1. The quantitative estimate of drug-likeness (QED) is 0.836. The third-order valence-electron chi connectivity index (χ3n) is 4.14. The van der Waals surface area contributed by atoms with Gasteiger partial charge in [-0.05, 0) is 43.5 Å². The molecule has 22 heavy (non-hydrogen) atoms. The number of sulfonamides is 1. The zero-order valence-electron chi connectivity index (χ0n) is 13.7. The molecule has 0 unspecified atom stereocenters. The van der Waals surface area contributed by atoms with Crippen molar-refractivity contribution in [3.05, 3.63) is 23.8 Å². The number of fused-ring (bicyclic) bond motifs is 1. The second-order valence-electron chi connectivity index (χ2n) is 5.91. The van der Waals surface area contributed by atoms with Gasteiger partial charge in [-0.15, -0.1) is 0 Å². The number of hydrogen-bond donors (Lipinski definition) is 0. The number of rotatable bonds is 5. The van der Waals surface area contributed by atoms with Crippen LogP contribution >= 0.6 is 0 Å². The Morgan fingerprint density at radius 3 is 2.68 bits per heavy atom. The van der Waals surface area contributed by atoms with Gasteiger partial charge in [0.25, 0.3) is 0 Å². The summed E-state index contributed by atoms with van der Waals surface area (Å²) in [5, 5.41) is 0. The first-order chi connectivity index (χ1) is 10.3. The lowest BCUT2D eigenvalue weighted by Crippen LogP contribution is -2.33. The van der Waals surface area contributed by atoms with E-state index in [9.17, 15) is 13.2 Å². The van der Waals surface area contributed by atoms with Gasteiger partial charge < -0.3 is 4.90 Å². The molecule has 122 valence electrons. The van der Waals surface area contributed by atoms with Crippen LogP contribution in [-0.4, -0.2) is 38.3 Å². The minimum atomic E-state index is -3.46. The van der Waals surface area contributed by atoms with Gasteiger partial charge in [0.1, 0.15) is 0 Å². The predicted octanol–water partition coefficient (Wildman–Crippen LogP) is 2.40. The average molecular weight is 324 g/mol. The molecule has 0 bridgehead atoms. The first kappa shape index (κ1) is 17.0. The molecule has 0 aliphatic carbocycles. The summed E-state index contributed by atoms with van der Waals surface area (Å²) < 4.78 is 26.6. The van der Waals surface area contributed by atoms with Gasteiger partial charge in [-0.1, -0.05) is 13.3 Å². The lowest BCUT2D eigenvalue weighted by molar-refractivity contribution is -0.116. The highest BCUT2D eigenvalue weighted by Gasteiger charge is 2.30. The van der Waals surface area contributed by atoms with E-state index in [1.807, 2.05) is 13.8 Å². The van der Waals surface area contributed by atoms with Crippen molar-refractivity contribution < 1.29 is 13.2 Å². The van der Waals surface area contributed by atoms with Gasteiger partial charge in [-0.25, -0.2) is 12.7 Å². The molecule has 6 heteroatoms. The largest absolute Gasteiger partial charge is 0.309 e. The third kappa shape index (κ3) is 3.03. The predicted molar refractivity (Wildman–Crippen MR) is 87.5 cm³/mol. The first-order valence-electron chi connectivity index (χ1n) is 7.68. The summed E-state index contributed by atoms with van der Waals surface area (Å²) in [5.41, 5.74) is 1.75. The fourth-order valence-electron chi connectivity index (χ4n) is 2.93. The van der Waals surface area contributed by atoms with E-state index >= 15 is 0 Å². The maximum atomic E-state index is 12.6. The summed E-state index contributed by atoms with van der Waals surface area (Å²) in [6, 6.07) is 5.14. The summed E-state index contributed by atoms with van der Waals surface area (Å²) >= 11 is 0. The number of anilines is 1. The van der Waals surface area contributed by atoms with Crippen molar-refractivity contribution in [3.8, 4) is 0 Å². The van der Waals surface area contributed by atoms with Crippen LogP contribution < -0.4 is 4.90 Å². The Kier molecular flexibility index (Phi) is 4.92. The van der Waals surface area contributed by atoms with E-state index in [0.29, 0.717) is 17.9 Å². The topological polar surface area (TPSA) is 57.7 Å². The monoisotopic (exact) mass is 324 g/mol. The molecule has 0 spiro atoms. The van der Waals surface area contributed by atoms with Crippen molar-refractivity contribution in [2.75, 3.05) is 18.5 Å². The van der Waals surface area contributed by atoms with Crippen LogP contribution in [0.5, 0.6) is 0 Å². The first-order valence-corrected chi connectivity index (χ1v) is 9.12. The molecule has 1 heterocycles. The number of carbonyl (C=O) groups is 1. The Morgan fingerprint density at radius 2 is 2.09 bits per heavy atom. The number of hydrogen-bond acceptors (Lipinski definition) is 3. The Morgan fingerprint density at radius 1 is 1.41 bits per heavy atom. The molecule has 0 fully saturated rings. The van der Waals surface area contributed by atoms with Gasteiger partial charge in [0.15, 0.2) is 0 Å².